The van der Waals surface area contributed by atoms with Gasteiger partial charge in [0.25, 0.3) is 0 Å². The molecule has 0 radical (unpaired) electrons. The van der Waals surface area contributed by atoms with Crippen molar-refractivity contribution in [3.05, 3.63) is 198 Å². The maximum absolute atomic E-state index is 5.88. The molecule has 0 saturated carbocycles. The van der Waals surface area contributed by atoms with Gasteiger partial charge in [-0.25, -0.2) is 0 Å². The van der Waals surface area contributed by atoms with Gasteiger partial charge in [-0.05, 0) is 99.6 Å². The summed E-state index contributed by atoms with van der Waals surface area (Å²) in [4.78, 5) is 12.1. The quantitative estimate of drug-likeness (QED) is 0.118. The first-order chi connectivity index (χ1) is 31.2. The number of pyridine rings is 1. The molecule has 0 saturated heterocycles. The van der Waals surface area contributed by atoms with Gasteiger partial charge in [0.1, 0.15) is 11.2 Å². The normalized spacial score (nSPS) is 13.8. The molecule has 5 nitrogen and oxygen atoms in total. The van der Waals surface area contributed by atoms with E-state index in [0.29, 0.717) is 0 Å². The number of imidazole rings is 1. The van der Waals surface area contributed by atoms with Crippen molar-refractivity contribution in [2.24, 2.45) is 0 Å². The van der Waals surface area contributed by atoms with Gasteiger partial charge in [-0.3, -0.25) is 4.98 Å². The fraction of sp³-hybridized carbons (Fsp3) is 0.186. The summed E-state index contributed by atoms with van der Waals surface area (Å²) < 4.78 is 7.25. The molecule has 1 unspecified atom stereocenters. The zero-order valence-electron chi connectivity index (χ0n) is 39.0. The number of hydrogen-bond donors (Lipinski definition) is 0. The van der Waals surface area contributed by atoms with E-state index < -0.39 is 10.9 Å². The zero-order chi connectivity index (χ0) is 45.2. The number of fused-ring (bicyclic) bond motifs is 2. The topological polar surface area (TPSA) is 37.0 Å². The van der Waals surface area contributed by atoms with Crippen LogP contribution in [-0.2, 0) is 42.8 Å². The van der Waals surface area contributed by atoms with Crippen molar-refractivity contribution >= 4 is 39.2 Å². The van der Waals surface area contributed by atoms with Gasteiger partial charge in [0, 0.05) is 30.2 Å². The van der Waals surface area contributed by atoms with Crippen molar-refractivity contribution in [1.82, 2.24) is 18.5 Å². The second kappa shape index (κ2) is 17.5. The van der Waals surface area contributed by atoms with Gasteiger partial charge in [-0.15, -0.1) is 41.5 Å². The molecule has 0 bridgehead atoms. The van der Waals surface area contributed by atoms with E-state index in [0.717, 1.165) is 78.7 Å². The Morgan fingerprint density at radius 2 is 1.32 bits per heavy atom. The molecular formula is C59H54N5PtS+. The van der Waals surface area contributed by atoms with Crippen molar-refractivity contribution in [3.63, 3.8) is 0 Å². The van der Waals surface area contributed by atoms with Gasteiger partial charge in [0.2, 0.25) is 0 Å². The Morgan fingerprint density at radius 3 is 2.05 bits per heavy atom. The standard InChI is InChI=1S/C59H54N5S.Pt/c1-39-27-28-40(2)55(33-39)65-62(9)52-24-16-17-25-53(52)64(65)57-61-56-48(23-18-26-54(56)63(57)51-30-29-46(58(3,4)5)38-49(51)42-21-14-11-15-22-42)44-34-45(36-47(35-44)59(6,7)8)50-37-43(31-32-60-50)41-19-12-10-13-20-41;/h10-24,26-33,35-38H,1-9H3;/q-1;+2. The predicted molar refractivity (Wildman–Crippen MR) is 274 cm³/mol. The third-order valence-corrected chi connectivity index (χ3v) is 14.8. The first-order valence-corrected chi connectivity index (χ1v) is 23.6. The molecule has 0 N–H and O–H groups in total. The van der Waals surface area contributed by atoms with E-state index in [9.17, 15) is 0 Å². The average Bonchev–Trinajstić information content (AvgIpc) is 3.84. The van der Waals surface area contributed by atoms with E-state index in [1.165, 1.54) is 27.1 Å². The summed E-state index contributed by atoms with van der Waals surface area (Å²) in [5, 5.41) is 0. The average molecular weight is 1060 g/mol. The Morgan fingerprint density at radius 1 is 0.606 bits per heavy atom. The Balaban J connectivity index is 0.00000548. The fourth-order valence-electron chi connectivity index (χ4n) is 8.86. The molecule has 10 rings (SSSR count). The van der Waals surface area contributed by atoms with Crippen molar-refractivity contribution in [2.75, 3.05) is 11.4 Å². The number of rotatable bonds is 7. The number of hydrogen-bond acceptors (Lipinski definition) is 3. The van der Waals surface area contributed by atoms with Crippen LogP contribution in [0.15, 0.2) is 169 Å². The molecule has 0 amide bonds. The van der Waals surface area contributed by atoms with Crippen LogP contribution in [0.1, 0.15) is 63.8 Å². The van der Waals surface area contributed by atoms with E-state index in [1.54, 1.807) is 0 Å². The predicted octanol–water partition coefficient (Wildman–Crippen LogP) is 15.0. The second-order valence-electron chi connectivity index (χ2n) is 19.2. The number of benzene rings is 7. The minimum atomic E-state index is -0.600. The van der Waals surface area contributed by atoms with Crippen LogP contribution in [0.2, 0.25) is 0 Å². The summed E-state index contributed by atoms with van der Waals surface area (Å²) in [6.45, 7) is 18.1. The van der Waals surface area contributed by atoms with Crippen LogP contribution in [0.5, 0.6) is 0 Å². The van der Waals surface area contributed by atoms with E-state index in [2.05, 4.69) is 239 Å². The Labute approximate surface area is 407 Å². The van der Waals surface area contributed by atoms with Crippen LogP contribution in [0, 0.1) is 26.0 Å². The summed E-state index contributed by atoms with van der Waals surface area (Å²) >= 11 is 0. The second-order valence-corrected chi connectivity index (χ2v) is 21.1. The molecule has 330 valence electrons. The molecule has 2 aromatic heterocycles. The van der Waals surface area contributed by atoms with Crippen LogP contribution in [-0.4, -0.2) is 21.6 Å². The van der Waals surface area contributed by atoms with Crippen LogP contribution >= 0.6 is 0 Å². The van der Waals surface area contributed by atoms with Gasteiger partial charge in [-0.1, -0.05) is 149 Å². The maximum atomic E-state index is 5.88. The largest absolute Gasteiger partial charge is 2.00 e. The molecule has 0 fully saturated rings. The molecule has 0 spiro atoms. The van der Waals surface area contributed by atoms with Crippen LogP contribution in [0.4, 0.5) is 17.3 Å². The summed E-state index contributed by atoms with van der Waals surface area (Å²) in [6, 6.07) is 64.4. The number of aromatic nitrogens is 3. The first-order valence-electron chi connectivity index (χ1n) is 22.4. The van der Waals surface area contributed by atoms with Gasteiger partial charge in [0.05, 0.1) is 15.8 Å². The molecule has 7 aromatic carbocycles. The molecular weight excluding hydrogens is 1010 g/mol. The molecule has 1 atom stereocenters. The summed E-state index contributed by atoms with van der Waals surface area (Å²) in [7, 11) is 1.61. The molecule has 3 heterocycles. The molecule has 66 heavy (non-hydrogen) atoms. The van der Waals surface area contributed by atoms with Crippen molar-refractivity contribution in [1.29, 1.82) is 0 Å². The van der Waals surface area contributed by atoms with Crippen molar-refractivity contribution in [2.45, 2.75) is 71.1 Å². The van der Waals surface area contributed by atoms with Crippen LogP contribution in [0.25, 0.3) is 61.4 Å². The van der Waals surface area contributed by atoms with Crippen molar-refractivity contribution < 1.29 is 21.1 Å². The molecule has 0 aliphatic carbocycles. The minimum Gasteiger partial charge on any atom is -0.347 e. The van der Waals surface area contributed by atoms with E-state index in [-0.39, 0.29) is 31.9 Å². The van der Waals surface area contributed by atoms with Gasteiger partial charge >= 0.3 is 27.0 Å². The summed E-state index contributed by atoms with van der Waals surface area (Å²) in [5.41, 5.74) is 18.2. The molecule has 9 aromatic rings. The van der Waals surface area contributed by atoms with Crippen LogP contribution in [0.3, 0.4) is 0 Å². The van der Waals surface area contributed by atoms with E-state index in [4.69, 9.17) is 9.97 Å². The van der Waals surface area contributed by atoms with E-state index >= 15 is 0 Å². The number of anilines is 1. The number of aryl methyl sites for hydroxylation is 2. The fourth-order valence-corrected chi connectivity index (χ4v) is 11.2. The Kier molecular flexibility index (Phi) is 12.0. The smallest absolute Gasteiger partial charge is 0.347 e. The summed E-state index contributed by atoms with van der Waals surface area (Å²) in [5.74, 6) is 0.829. The van der Waals surface area contributed by atoms with Crippen LogP contribution < -0.4 is 8.25 Å². The first kappa shape index (κ1) is 45.0. The zero-order valence-corrected chi connectivity index (χ0v) is 42.1. The molecule has 7 heteroatoms. The number of para-hydroxylation sites is 2. The molecule has 1 aliphatic heterocycles. The van der Waals surface area contributed by atoms with Gasteiger partial charge in [0.15, 0.2) is 5.52 Å². The SMILES string of the molecule is Cc1ccc(C)c(S2=[N+](c3nc4c(-c5[c-]c(-c6cc(-c7ccccc7)ccn6)cc(C(C)(C)C)c5)cccc4n3-c3ccc(C(C)(C)C)cc3-c3ccccc3)c3[c-]cccc3N2C)c1.[Pt+2]. The third-order valence-electron chi connectivity index (χ3n) is 12.5. The monoisotopic (exact) mass is 1060 g/mol. The Bertz CT molecular complexity index is 3320. The maximum Gasteiger partial charge on any atom is 2.00 e. The van der Waals surface area contributed by atoms with Gasteiger partial charge < -0.3 is 4.31 Å². The third kappa shape index (κ3) is 8.20. The van der Waals surface area contributed by atoms with E-state index in [1.807, 2.05) is 12.3 Å². The minimum absolute atomic E-state index is 0. The number of nitrogens with zero attached hydrogens (tertiary/aromatic N) is 5. The van der Waals surface area contributed by atoms with Gasteiger partial charge in [-0.2, -0.15) is 20.6 Å². The van der Waals surface area contributed by atoms with Crippen molar-refractivity contribution in [3.8, 4) is 50.3 Å². The molecule has 1 aliphatic rings. The Hall–Kier alpha value is -6.20. The summed E-state index contributed by atoms with van der Waals surface area (Å²) in [6.07, 6.45) is 1.91.